The zero-order chi connectivity index (χ0) is 13.1. The quantitative estimate of drug-likeness (QED) is 0.805. The Balaban J connectivity index is 2.21. The molecule has 1 unspecified atom stereocenters. The Morgan fingerprint density at radius 1 is 1.67 bits per heavy atom. The van der Waals surface area contributed by atoms with Gasteiger partial charge in [-0.3, -0.25) is 5.10 Å². The van der Waals surface area contributed by atoms with Crippen LogP contribution in [0.25, 0.3) is 0 Å². The third kappa shape index (κ3) is 2.30. The van der Waals surface area contributed by atoms with Crippen molar-refractivity contribution in [2.45, 2.75) is 26.2 Å². The van der Waals surface area contributed by atoms with E-state index in [0.29, 0.717) is 5.69 Å². The minimum Gasteiger partial charge on any atom is -0.504 e. The fourth-order valence-electron chi connectivity index (χ4n) is 1.88. The number of aromatic nitrogens is 2. The summed E-state index contributed by atoms with van der Waals surface area (Å²) in [6, 6.07) is 0. The standard InChI is InChI=1S/C13H16N2O3/c1-3-18-13(17)11-12(16)10(14-15-11)9-6-4-8(2)5-7-9/h4-6,9,16H,3,7H2,1-2H3,(H,14,15). The summed E-state index contributed by atoms with van der Waals surface area (Å²) in [6.07, 6.45) is 6.79. The van der Waals surface area contributed by atoms with Crippen LogP contribution in [0, 0.1) is 0 Å². The minimum absolute atomic E-state index is 0.00636. The third-order valence-corrected chi connectivity index (χ3v) is 2.88. The molecule has 0 aliphatic heterocycles. The molecule has 18 heavy (non-hydrogen) atoms. The maximum atomic E-state index is 11.5. The number of hydrogen-bond donors (Lipinski definition) is 2. The fraction of sp³-hybridized carbons (Fsp3) is 0.385. The first kappa shape index (κ1) is 12.4. The molecule has 5 nitrogen and oxygen atoms in total. The number of nitrogens with one attached hydrogen (secondary N) is 1. The molecule has 1 heterocycles. The Morgan fingerprint density at radius 2 is 2.44 bits per heavy atom. The SMILES string of the molecule is CCOC(=O)c1[nH]nc(C2C=CC(C)=CC2)c1O. The number of H-pyrrole nitrogens is 1. The third-order valence-electron chi connectivity index (χ3n) is 2.88. The summed E-state index contributed by atoms with van der Waals surface area (Å²) < 4.78 is 4.83. The highest BCUT2D eigenvalue weighted by atomic mass is 16.5. The number of carbonyl (C=O) groups excluding carboxylic acids is 1. The number of aromatic amines is 1. The van der Waals surface area contributed by atoms with Gasteiger partial charge in [0.1, 0.15) is 5.69 Å². The zero-order valence-electron chi connectivity index (χ0n) is 10.4. The highest BCUT2D eigenvalue weighted by Gasteiger charge is 2.24. The molecule has 96 valence electrons. The van der Waals surface area contributed by atoms with Crippen LogP contribution in [0.5, 0.6) is 5.75 Å². The van der Waals surface area contributed by atoms with E-state index in [2.05, 4.69) is 16.3 Å². The van der Waals surface area contributed by atoms with E-state index in [0.717, 1.165) is 6.42 Å². The lowest BCUT2D eigenvalue weighted by Gasteiger charge is -2.12. The van der Waals surface area contributed by atoms with E-state index in [-0.39, 0.29) is 24.0 Å². The second kappa shape index (κ2) is 5.08. The van der Waals surface area contributed by atoms with Crippen LogP contribution >= 0.6 is 0 Å². The topological polar surface area (TPSA) is 75.2 Å². The Morgan fingerprint density at radius 3 is 3.06 bits per heavy atom. The van der Waals surface area contributed by atoms with E-state index in [1.165, 1.54) is 5.57 Å². The van der Waals surface area contributed by atoms with Crippen LogP contribution in [0.1, 0.15) is 42.4 Å². The first-order valence-electron chi connectivity index (χ1n) is 5.92. The van der Waals surface area contributed by atoms with E-state index in [1.54, 1.807) is 6.92 Å². The van der Waals surface area contributed by atoms with Crippen LogP contribution in [0.4, 0.5) is 0 Å². The van der Waals surface area contributed by atoms with Gasteiger partial charge in [0.15, 0.2) is 11.4 Å². The first-order valence-corrected chi connectivity index (χ1v) is 5.92. The number of nitrogens with zero attached hydrogens (tertiary/aromatic N) is 1. The second-order valence-corrected chi connectivity index (χ2v) is 4.20. The molecule has 0 saturated carbocycles. The minimum atomic E-state index is -0.583. The van der Waals surface area contributed by atoms with Crippen LogP contribution < -0.4 is 0 Å². The van der Waals surface area contributed by atoms with Gasteiger partial charge in [-0.15, -0.1) is 0 Å². The predicted octanol–water partition coefficient (Wildman–Crippen LogP) is 2.28. The predicted molar refractivity (Wildman–Crippen MR) is 66.5 cm³/mol. The van der Waals surface area contributed by atoms with Gasteiger partial charge in [-0.1, -0.05) is 23.8 Å². The summed E-state index contributed by atoms with van der Waals surface area (Å²) in [5.41, 5.74) is 1.69. The highest BCUT2D eigenvalue weighted by Crippen LogP contribution is 2.33. The van der Waals surface area contributed by atoms with Gasteiger partial charge in [-0.2, -0.15) is 5.10 Å². The van der Waals surface area contributed by atoms with Gasteiger partial charge in [-0.25, -0.2) is 4.79 Å². The number of aromatic hydroxyl groups is 1. The first-order chi connectivity index (χ1) is 8.63. The molecule has 0 saturated heterocycles. The maximum absolute atomic E-state index is 11.5. The average Bonchev–Trinajstić information content (AvgIpc) is 2.73. The lowest BCUT2D eigenvalue weighted by atomic mass is 9.94. The fourth-order valence-corrected chi connectivity index (χ4v) is 1.88. The van der Waals surface area contributed by atoms with E-state index < -0.39 is 5.97 Å². The van der Waals surface area contributed by atoms with E-state index in [4.69, 9.17) is 4.74 Å². The molecular weight excluding hydrogens is 232 g/mol. The average molecular weight is 248 g/mol. The molecule has 5 heteroatoms. The van der Waals surface area contributed by atoms with Crippen molar-refractivity contribution in [2.75, 3.05) is 6.61 Å². The van der Waals surface area contributed by atoms with Crippen molar-refractivity contribution in [1.29, 1.82) is 0 Å². The zero-order valence-corrected chi connectivity index (χ0v) is 10.4. The van der Waals surface area contributed by atoms with E-state index in [1.807, 2.05) is 19.1 Å². The molecule has 1 aromatic rings. The Labute approximate surface area is 105 Å². The highest BCUT2D eigenvalue weighted by molar-refractivity contribution is 5.90. The Bertz CT molecular complexity index is 514. The summed E-state index contributed by atoms with van der Waals surface area (Å²) in [5.74, 6) is -0.704. The molecule has 0 spiro atoms. The van der Waals surface area contributed by atoms with Gasteiger partial charge >= 0.3 is 5.97 Å². The number of allylic oxidation sites excluding steroid dienone is 4. The van der Waals surface area contributed by atoms with Gasteiger partial charge in [0.25, 0.3) is 0 Å². The molecule has 1 aliphatic carbocycles. The van der Waals surface area contributed by atoms with Crippen molar-refractivity contribution in [3.05, 3.63) is 35.2 Å². The number of esters is 1. The van der Waals surface area contributed by atoms with Crippen LogP contribution in [0.3, 0.4) is 0 Å². The van der Waals surface area contributed by atoms with Crippen LogP contribution in [-0.4, -0.2) is 27.9 Å². The molecule has 0 radical (unpaired) electrons. The summed E-state index contributed by atoms with van der Waals surface area (Å²) in [6.45, 7) is 3.99. The van der Waals surface area contributed by atoms with Gasteiger partial charge in [0, 0.05) is 5.92 Å². The smallest absolute Gasteiger partial charge is 0.360 e. The van der Waals surface area contributed by atoms with Crippen molar-refractivity contribution in [3.8, 4) is 5.75 Å². The number of hydrogen-bond acceptors (Lipinski definition) is 4. The molecule has 1 aromatic heterocycles. The largest absolute Gasteiger partial charge is 0.504 e. The van der Waals surface area contributed by atoms with Crippen LogP contribution in [0.15, 0.2) is 23.8 Å². The Hall–Kier alpha value is -2.04. The summed E-state index contributed by atoms with van der Waals surface area (Å²) in [4.78, 5) is 11.5. The molecule has 2 rings (SSSR count). The Kier molecular flexibility index (Phi) is 3.50. The lowest BCUT2D eigenvalue weighted by Crippen LogP contribution is -2.05. The molecular formula is C13H16N2O3. The molecule has 0 bridgehead atoms. The van der Waals surface area contributed by atoms with Gasteiger partial charge in [0.2, 0.25) is 0 Å². The van der Waals surface area contributed by atoms with Crippen molar-refractivity contribution in [3.63, 3.8) is 0 Å². The van der Waals surface area contributed by atoms with Crippen molar-refractivity contribution >= 4 is 5.97 Å². The summed E-state index contributed by atoms with van der Waals surface area (Å²) in [5, 5.41) is 16.5. The van der Waals surface area contributed by atoms with E-state index >= 15 is 0 Å². The molecule has 2 N–H and O–H groups in total. The van der Waals surface area contributed by atoms with Crippen LogP contribution in [-0.2, 0) is 4.74 Å². The maximum Gasteiger partial charge on any atom is 0.360 e. The number of carbonyl (C=O) groups is 1. The summed E-state index contributed by atoms with van der Waals surface area (Å²) in [7, 11) is 0. The number of rotatable bonds is 3. The van der Waals surface area contributed by atoms with Crippen LogP contribution in [0.2, 0.25) is 0 Å². The van der Waals surface area contributed by atoms with Gasteiger partial charge in [-0.05, 0) is 20.3 Å². The van der Waals surface area contributed by atoms with Gasteiger partial charge < -0.3 is 9.84 Å². The molecule has 0 amide bonds. The monoisotopic (exact) mass is 248 g/mol. The van der Waals surface area contributed by atoms with Crippen molar-refractivity contribution < 1.29 is 14.6 Å². The molecule has 0 fully saturated rings. The lowest BCUT2D eigenvalue weighted by molar-refractivity contribution is 0.0516. The van der Waals surface area contributed by atoms with Crippen molar-refractivity contribution in [1.82, 2.24) is 10.2 Å². The molecule has 1 atom stereocenters. The van der Waals surface area contributed by atoms with Gasteiger partial charge in [0.05, 0.1) is 6.61 Å². The molecule has 1 aliphatic rings. The summed E-state index contributed by atoms with van der Waals surface area (Å²) >= 11 is 0. The second-order valence-electron chi connectivity index (χ2n) is 4.20. The normalized spacial score (nSPS) is 18.6. The molecule has 0 aromatic carbocycles. The number of ether oxygens (including phenoxy) is 1. The van der Waals surface area contributed by atoms with E-state index in [9.17, 15) is 9.90 Å². The van der Waals surface area contributed by atoms with Crippen molar-refractivity contribution in [2.24, 2.45) is 0 Å².